The molecule has 2 aromatic rings. The molecule has 1 amide bonds. The monoisotopic (exact) mass is 324 g/mol. The number of carbonyl (C=O) groups excluding carboxylic acids is 1. The van der Waals surface area contributed by atoms with E-state index in [4.69, 9.17) is 0 Å². The van der Waals surface area contributed by atoms with Crippen molar-refractivity contribution in [2.45, 2.75) is 13.0 Å². The van der Waals surface area contributed by atoms with E-state index in [2.05, 4.69) is 41.1 Å². The van der Waals surface area contributed by atoms with Crippen LogP contribution in [0.25, 0.3) is 11.1 Å². The third-order valence-corrected chi connectivity index (χ3v) is 4.34. The first-order valence-electron chi connectivity index (χ1n) is 7.71. The Labute approximate surface area is 141 Å². The third kappa shape index (κ3) is 3.84. The largest absolute Gasteiger partial charge is 0.309 e. The molecule has 0 bridgehead atoms. The van der Waals surface area contributed by atoms with Crippen molar-refractivity contribution < 1.29 is 4.79 Å². The van der Waals surface area contributed by atoms with Crippen molar-refractivity contribution in [3.63, 3.8) is 0 Å². The lowest BCUT2D eigenvalue weighted by Crippen LogP contribution is -2.32. The zero-order valence-corrected chi connectivity index (χ0v) is 14.0. The number of hydrogen-bond acceptors (Lipinski definition) is 3. The summed E-state index contributed by atoms with van der Waals surface area (Å²) in [6, 6.07) is 16.8. The van der Waals surface area contributed by atoms with Crippen LogP contribution >= 0.6 is 11.9 Å². The first-order valence-corrected chi connectivity index (χ1v) is 8.93. The van der Waals surface area contributed by atoms with E-state index in [1.807, 2.05) is 29.4 Å². The molecule has 0 aliphatic carbocycles. The van der Waals surface area contributed by atoms with Crippen molar-refractivity contribution in [1.82, 2.24) is 4.72 Å². The van der Waals surface area contributed by atoms with E-state index in [0.717, 1.165) is 25.2 Å². The molecule has 1 aliphatic heterocycles. The smallest absolute Gasteiger partial charge is 0.250 e. The lowest BCUT2D eigenvalue weighted by Gasteiger charge is -2.23. The van der Waals surface area contributed by atoms with E-state index in [-0.39, 0.29) is 5.91 Å². The fourth-order valence-electron chi connectivity index (χ4n) is 2.69. The lowest BCUT2D eigenvalue weighted by molar-refractivity contribution is -0.114. The molecule has 0 unspecified atom stereocenters. The minimum Gasteiger partial charge on any atom is -0.309 e. The van der Waals surface area contributed by atoms with Gasteiger partial charge in [-0.1, -0.05) is 48.4 Å². The summed E-state index contributed by atoms with van der Waals surface area (Å²) in [5.74, 6) is 0.0640. The highest BCUT2D eigenvalue weighted by atomic mass is 32.2. The van der Waals surface area contributed by atoms with Gasteiger partial charge in [0.2, 0.25) is 0 Å². The molecular weight excluding hydrogens is 304 g/mol. The Morgan fingerprint density at radius 1 is 1.13 bits per heavy atom. The molecule has 0 aromatic heterocycles. The van der Waals surface area contributed by atoms with Crippen LogP contribution in [0.3, 0.4) is 0 Å². The highest BCUT2D eigenvalue weighted by molar-refractivity contribution is 7.96. The Hall–Kier alpha value is -2.04. The molecule has 1 N–H and O–H groups in total. The summed E-state index contributed by atoms with van der Waals surface area (Å²) in [7, 11) is 0. The van der Waals surface area contributed by atoms with Crippen molar-refractivity contribution >= 4 is 23.5 Å². The van der Waals surface area contributed by atoms with Gasteiger partial charge in [-0.3, -0.25) is 9.52 Å². The van der Waals surface area contributed by atoms with Gasteiger partial charge in [-0.25, -0.2) is 0 Å². The second kappa shape index (κ2) is 7.49. The van der Waals surface area contributed by atoms with E-state index in [9.17, 15) is 4.79 Å². The summed E-state index contributed by atoms with van der Waals surface area (Å²) in [4.78, 5) is 13.7. The number of nitrogens with one attached hydrogen (secondary N) is 1. The third-order valence-electron chi connectivity index (χ3n) is 3.91. The summed E-state index contributed by atoms with van der Waals surface area (Å²) >= 11 is 1.62. The van der Waals surface area contributed by atoms with Gasteiger partial charge < -0.3 is 4.90 Å². The molecule has 118 valence electrons. The summed E-state index contributed by atoms with van der Waals surface area (Å²) in [6.07, 6.45) is 6.53. The number of anilines is 1. The highest BCUT2D eigenvalue weighted by Gasteiger charge is 2.15. The molecule has 1 heterocycles. The standard InChI is InChI=1S/C19H20N2OS/c1-23-20-14-15-5-4-6-17(13-15)16-8-10-18(11-9-16)21-12-3-2-7-19(21)22/h2,4-11,13,20H,3,12,14H2,1H3. The van der Waals surface area contributed by atoms with E-state index in [1.54, 1.807) is 18.0 Å². The van der Waals surface area contributed by atoms with E-state index in [0.29, 0.717) is 0 Å². The fourth-order valence-corrected chi connectivity index (χ4v) is 3.01. The molecule has 23 heavy (non-hydrogen) atoms. The van der Waals surface area contributed by atoms with E-state index < -0.39 is 0 Å². The van der Waals surface area contributed by atoms with Gasteiger partial charge in [0.05, 0.1) is 0 Å². The van der Waals surface area contributed by atoms with Gasteiger partial charge in [-0.15, -0.1) is 0 Å². The first kappa shape index (κ1) is 15.8. The van der Waals surface area contributed by atoms with Crippen LogP contribution in [0.4, 0.5) is 5.69 Å². The summed E-state index contributed by atoms with van der Waals surface area (Å²) < 4.78 is 3.27. The molecule has 0 atom stereocenters. The van der Waals surface area contributed by atoms with Crippen molar-refractivity contribution in [1.29, 1.82) is 0 Å². The van der Waals surface area contributed by atoms with Gasteiger partial charge in [0.1, 0.15) is 0 Å². The number of rotatable bonds is 5. The summed E-state index contributed by atoms with van der Waals surface area (Å²) in [6.45, 7) is 1.60. The number of benzene rings is 2. The molecule has 0 radical (unpaired) electrons. The molecule has 1 aliphatic rings. The molecule has 0 saturated heterocycles. The maximum atomic E-state index is 11.9. The van der Waals surface area contributed by atoms with Gasteiger partial charge in [0.15, 0.2) is 0 Å². The van der Waals surface area contributed by atoms with Crippen molar-refractivity contribution in [2.24, 2.45) is 0 Å². The van der Waals surface area contributed by atoms with Crippen molar-refractivity contribution in [2.75, 3.05) is 17.7 Å². The number of nitrogens with zero attached hydrogens (tertiary/aromatic N) is 1. The molecule has 2 aromatic carbocycles. The van der Waals surface area contributed by atoms with E-state index in [1.165, 1.54) is 16.7 Å². The molecule has 3 nitrogen and oxygen atoms in total. The van der Waals surface area contributed by atoms with Crippen molar-refractivity contribution in [3.05, 3.63) is 66.2 Å². The molecular formula is C19H20N2OS. The number of amides is 1. The highest BCUT2D eigenvalue weighted by Crippen LogP contribution is 2.25. The molecule has 4 heteroatoms. The van der Waals surface area contributed by atoms with Gasteiger partial charge in [-0.2, -0.15) is 0 Å². The van der Waals surface area contributed by atoms with Gasteiger partial charge in [-0.05, 0) is 53.6 Å². The second-order valence-electron chi connectivity index (χ2n) is 5.45. The summed E-state index contributed by atoms with van der Waals surface area (Å²) in [5, 5.41) is 0. The quantitative estimate of drug-likeness (QED) is 0.843. The Morgan fingerprint density at radius 3 is 2.70 bits per heavy atom. The minimum absolute atomic E-state index is 0.0640. The van der Waals surface area contributed by atoms with Crippen LogP contribution in [0.5, 0.6) is 0 Å². The van der Waals surface area contributed by atoms with Crippen LogP contribution in [0.1, 0.15) is 12.0 Å². The normalized spacial score (nSPS) is 14.3. The molecule has 0 spiro atoms. The average molecular weight is 324 g/mol. The zero-order chi connectivity index (χ0) is 16.1. The minimum atomic E-state index is 0.0640. The van der Waals surface area contributed by atoms with E-state index >= 15 is 0 Å². The van der Waals surface area contributed by atoms with Gasteiger partial charge in [0.25, 0.3) is 5.91 Å². The first-order chi connectivity index (χ1) is 11.3. The maximum Gasteiger partial charge on any atom is 0.250 e. The van der Waals surface area contributed by atoms with Gasteiger partial charge in [0, 0.05) is 18.8 Å². The Morgan fingerprint density at radius 2 is 1.96 bits per heavy atom. The Balaban J connectivity index is 1.79. The predicted molar refractivity (Wildman–Crippen MR) is 98.3 cm³/mol. The van der Waals surface area contributed by atoms with Crippen LogP contribution in [-0.2, 0) is 11.3 Å². The Bertz CT molecular complexity index is 710. The second-order valence-corrected chi connectivity index (χ2v) is 6.15. The van der Waals surface area contributed by atoms with Crippen LogP contribution in [-0.4, -0.2) is 18.7 Å². The zero-order valence-electron chi connectivity index (χ0n) is 13.2. The van der Waals surface area contributed by atoms with Gasteiger partial charge >= 0.3 is 0 Å². The fraction of sp³-hybridized carbons (Fsp3) is 0.211. The van der Waals surface area contributed by atoms with Crippen LogP contribution in [0.2, 0.25) is 0 Å². The number of hydrogen-bond donors (Lipinski definition) is 1. The summed E-state index contributed by atoms with van der Waals surface area (Å²) in [5.41, 5.74) is 4.59. The van der Waals surface area contributed by atoms with Crippen LogP contribution < -0.4 is 9.62 Å². The average Bonchev–Trinajstić information content (AvgIpc) is 2.61. The lowest BCUT2D eigenvalue weighted by atomic mass is 10.0. The molecule has 0 fully saturated rings. The van der Waals surface area contributed by atoms with Crippen LogP contribution in [0.15, 0.2) is 60.7 Å². The molecule has 0 saturated carbocycles. The van der Waals surface area contributed by atoms with Crippen molar-refractivity contribution in [3.8, 4) is 11.1 Å². The predicted octanol–water partition coefficient (Wildman–Crippen LogP) is 4.01. The van der Waals surface area contributed by atoms with Crippen LogP contribution in [0, 0.1) is 0 Å². The topological polar surface area (TPSA) is 32.3 Å². The molecule has 3 rings (SSSR count). The SMILES string of the molecule is CSNCc1cccc(-c2ccc(N3CCC=CC3=O)cc2)c1. The Kier molecular flexibility index (Phi) is 5.16. The maximum absolute atomic E-state index is 11.9. The number of carbonyl (C=O) groups is 1.